The fraction of sp³-hybridized carbons (Fsp3) is 0.250. The summed E-state index contributed by atoms with van der Waals surface area (Å²) in [5, 5.41) is 0. The van der Waals surface area contributed by atoms with Crippen LogP contribution in [0.1, 0.15) is 24.0 Å². The molecule has 29 heavy (non-hydrogen) atoms. The second-order valence-electron chi connectivity index (χ2n) is 7.12. The van der Waals surface area contributed by atoms with Gasteiger partial charge in [0.05, 0.1) is 12.7 Å². The topological polar surface area (TPSA) is 27.7 Å². The molecule has 0 spiro atoms. The van der Waals surface area contributed by atoms with E-state index >= 15 is 0 Å². The van der Waals surface area contributed by atoms with Gasteiger partial charge in [-0.25, -0.2) is 4.39 Å². The lowest BCUT2D eigenvalue weighted by Crippen LogP contribution is -2.39. The van der Waals surface area contributed by atoms with Crippen LogP contribution in [0.15, 0.2) is 72.8 Å². The minimum atomic E-state index is -1.01. The van der Waals surface area contributed by atoms with E-state index in [0.717, 1.165) is 17.2 Å². The first-order chi connectivity index (χ1) is 14.2. The number of benzene rings is 3. The number of hydrogen-bond acceptors (Lipinski definition) is 3. The summed E-state index contributed by atoms with van der Waals surface area (Å²) in [4.78, 5) is 0. The molecule has 5 heteroatoms. The maximum absolute atomic E-state index is 14.1. The summed E-state index contributed by atoms with van der Waals surface area (Å²) in [7, 11) is 0. The summed E-state index contributed by atoms with van der Waals surface area (Å²) < 4.78 is 45.1. The molecule has 0 aliphatic heterocycles. The Balaban J connectivity index is 1.29. The average Bonchev–Trinajstić information content (AvgIpc) is 2.72. The minimum Gasteiger partial charge on any atom is -0.490 e. The van der Waals surface area contributed by atoms with E-state index in [-0.39, 0.29) is 30.3 Å². The predicted molar refractivity (Wildman–Crippen MR) is 106 cm³/mol. The van der Waals surface area contributed by atoms with Gasteiger partial charge in [-0.05, 0) is 11.1 Å². The van der Waals surface area contributed by atoms with Crippen LogP contribution < -0.4 is 9.47 Å². The number of ether oxygens (including phenoxy) is 3. The van der Waals surface area contributed by atoms with Crippen molar-refractivity contribution in [3.8, 4) is 11.5 Å². The predicted octanol–water partition coefficient (Wildman–Crippen LogP) is 5.67. The maximum atomic E-state index is 14.1. The molecule has 0 atom stereocenters. The van der Waals surface area contributed by atoms with Gasteiger partial charge in [0.25, 0.3) is 0 Å². The Morgan fingerprint density at radius 1 is 0.759 bits per heavy atom. The molecule has 150 valence electrons. The molecule has 1 aliphatic carbocycles. The Hall–Kier alpha value is -2.92. The van der Waals surface area contributed by atoms with E-state index in [2.05, 4.69) is 0 Å². The maximum Gasteiger partial charge on any atom is 0.200 e. The van der Waals surface area contributed by atoms with Gasteiger partial charge >= 0.3 is 0 Å². The second-order valence-corrected chi connectivity index (χ2v) is 7.12. The summed E-state index contributed by atoms with van der Waals surface area (Å²) in [5.74, 6) is -1.88. The number of rotatable bonds is 8. The summed E-state index contributed by atoms with van der Waals surface area (Å²) >= 11 is 0. The van der Waals surface area contributed by atoms with Gasteiger partial charge < -0.3 is 14.2 Å². The highest BCUT2D eigenvalue weighted by Crippen LogP contribution is 2.33. The summed E-state index contributed by atoms with van der Waals surface area (Å²) in [6.45, 7) is 0.709. The molecule has 0 unspecified atom stereocenters. The fourth-order valence-corrected chi connectivity index (χ4v) is 3.18. The Labute approximate surface area is 168 Å². The van der Waals surface area contributed by atoms with Crippen LogP contribution in [0.2, 0.25) is 0 Å². The first-order valence-corrected chi connectivity index (χ1v) is 9.65. The molecular weight excluding hydrogens is 374 g/mol. The molecule has 3 nitrogen and oxygen atoms in total. The first kappa shape index (κ1) is 19.4. The number of hydrogen-bond donors (Lipinski definition) is 0. The standard InChI is InChI=1S/C24H22F2O3/c25-22-13-21(14-23(24(22)26)28-16-18-9-5-2-6-10-18)29-20-11-19(12-20)27-15-17-7-3-1-4-8-17/h1-10,13-14,19-20H,11-12,15-16H2/t19-,20-. The van der Waals surface area contributed by atoms with Crippen molar-refractivity contribution in [1.29, 1.82) is 0 Å². The van der Waals surface area contributed by atoms with Gasteiger partial charge in [0, 0.05) is 25.0 Å². The van der Waals surface area contributed by atoms with Crippen molar-refractivity contribution in [3.63, 3.8) is 0 Å². The van der Waals surface area contributed by atoms with Gasteiger partial charge in [0.2, 0.25) is 5.82 Å². The van der Waals surface area contributed by atoms with E-state index in [1.807, 2.05) is 60.7 Å². The molecule has 0 N–H and O–H groups in total. The highest BCUT2D eigenvalue weighted by Gasteiger charge is 2.32. The third kappa shape index (κ3) is 5.12. The van der Waals surface area contributed by atoms with Crippen molar-refractivity contribution >= 4 is 0 Å². The Morgan fingerprint density at radius 3 is 2.03 bits per heavy atom. The number of halogens is 2. The molecule has 1 fully saturated rings. The molecule has 0 saturated heterocycles. The van der Waals surface area contributed by atoms with Crippen LogP contribution in [0.3, 0.4) is 0 Å². The fourth-order valence-electron chi connectivity index (χ4n) is 3.18. The minimum absolute atomic E-state index is 0.0809. The van der Waals surface area contributed by atoms with Crippen molar-refractivity contribution in [2.24, 2.45) is 0 Å². The van der Waals surface area contributed by atoms with Crippen molar-refractivity contribution in [3.05, 3.63) is 95.6 Å². The van der Waals surface area contributed by atoms with Crippen molar-refractivity contribution in [1.82, 2.24) is 0 Å². The zero-order valence-corrected chi connectivity index (χ0v) is 15.9. The van der Waals surface area contributed by atoms with Gasteiger partial charge in [-0.2, -0.15) is 4.39 Å². The van der Waals surface area contributed by atoms with Crippen LogP contribution in [0.4, 0.5) is 8.78 Å². The van der Waals surface area contributed by atoms with Crippen LogP contribution in [-0.4, -0.2) is 12.2 Å². The van der Waals surface area contributed by atoms with E-state index in [9.17, 15) is 8.78 Å². The van der Waals surface area contributed by atoms with E-state index in [1.165, 1.54) is 6.07 Å². The molecule has 3 aromatic rings. The lowest BCUT2D eigenvalue weighted by molar-refractivity contribution is -0.0684. The van der Waals surface area contributed by atoms with E-state index < -0.39 is 11.6 Å². The van der Waals surface area contributed by atoms with Gasteiger partial charge in [-0.15, -0.1) is 0 Å². The highest BCUT2D eigenvalue weighted by atomic mass is 19.2. The summed E-state index contributed by atoms with van der Waals surface area (Å²) in [6, 6.07) is 21.8. The Bertz CT molecular complexity index is 926. The van der Waals surface area contributed by atoms with E-state index in [4.69, 9.17) is 14.2 Å². The van der Waals surface area contributed by atoms with Gasteiger partial charge in [-0.1, -0.05) is 60.7 Å². The van der Waals surface area contributed by atoms with Crippen molar-refractivity contribution in [2.45, 2.75) is 38.3 Å². The Morgan fingerprint density at radius 2 is 1.38 bits per heavy atom. The van der Waals surface area contributed by atoms with Gasteiger partial charge in [-0.3, -0.25) is 0 Å². The van der Waals surface area contributed by atoms with Crippen LogP contribution in [0.5, 0.6) is 11.5 Å². The van der Waals surface area contributed by atoms with Crippen molar-refractivity contribution in [2.75, 3.05) is 0 Å². The second kappa shape index (κ2) is 9.05. The van der Waals surface area contributed by atoms with Crippen LogP contribution in [-0.2, 0) is 18.0 Å². The molecule has 0 radical (unpaired) electrons. The van der Waals surface area contributed by atoms with Crippen LogP contribution in [0.25, 0.3) is 0 Å². The summed E-state index contributed by atoms with van der Waals surface area (Å²) in [6.07, 6.45) is 1.46. The largest absolute Gasteiger partial charge is 0.490 e. The molecule has 0 heterocycles. The Kier molecular flexibility index (Phi) is 6.06. The van der Waals surface area contributed by atoms with Gasteiger partial charge in [0.1, 0.15) is 18.5 Å². The molecule has 1 aliphatic rings. The van der Waals surface area contributed by atoms with Crippen molar-refractivity contribution < 1.29 is 23.0 Å². The van der Waals surface area contributed by atoms with Crippen LogP contribution in [0, 0.1) is 11.6 Å². The monoisotopic (exact) mass is 396 g/mol. The molecule has 0 aromatic heterocycles. The normalized spacial score (nSPS) is 18.1. The third-order valence-corrected chi connectivity index (χ3v) is 4.89. The summed E-state index contributed by atoms with van der Waals surface area (Å²) in [5.41, 5.74) is 1.99. The zero-order chi connectivity index (χ0) is 20.1. The zero-order valence-electron chi connectivity index (χ0n) is 15.9. The quantitative estimate of drug-likeness (QED) is 0.491. The van der Waals surface area contributed by atoms with E-state index in [1.54, 1.807) is 0 Å². The molecule has 1 saturated carbocycles. The molecule has 4 rings (SSSR count). The molecule has 3 aromatic carbocycles. The van der Waals surface area contributed by atoms with Crippen LogP contribution >= 0.6 is 0 Å². The lowest BCUT2D eigenvalue weighted by atomic mass is 9.92. The molecule has 0 amide bonds. The molecular formula is C24H22F2O3. The third-order valence-electron chi connectivity index (χ3n) is 4.89. The SMILES string of the molecule is Fc1cc(O[C@H]2C[C@H](OCc3ccccc3)C2)cc(OCc2ccccc2)c1F. The smallest absolute Gasteiger partial charge is 0.200 e. The first-order valence-electron chi connectivity index (χ1n) is 9.65. The van der Waals surface area contributed by atoms with E-state index in [0.29, 0.717) is 19.4 Å². The molecule has 0 bridgehead atoms. The highest BCUT2D eigenvalue weighted by molar-refractivity contribution is 5.36. The average molecular weight is 396 g/mol. The van der Waals surface area contributed by atoms with Gasteiger partial charge in [0.15, 0.2) is 11.6 Å². The lowest BCUT2D eigenvalue weighted by Gasteiger charge is -2.35.